The third-order valence-electron chi connectivity index (χ3n) is 3.92. The number of piperidine rings is 1. The zero-order valence-corrected chi connectivity index (χ0v) is 11.9. The van der Waals surface area contributed by atoms with Gasteiger partial charge in [-0.1, -0.05) is 0 Å². The molecule has 1 fully saturated rings. The number of anilines is 1. The van der Waals surface area contributed by atoms with Crippen LogP contribution in [0.1, 0.15) is 19.8 Å². The van der Waals surface area contributed by atoms with Gasteiger partial charge < -0.3 is 20.1 Å². The van der Waals surface area contributed by atoms with Gasteiger partial charge in [-0.3, -0.25) is 0 Å². The average molecular weight is 264 g/mol. The van der Waals surface area contributed by atoms with Gasteiger partial charge in [-0.2, -0.15) is 0 Å². The Hall–Kier alpha value is -1.26. The highest BCUT2D eigenvalue weighted by Gasteiger charge is 2.33. The van der Waals surface area contributed by atoms with Crippen LogP contribution in [0.3, 0.4) is 0 Å². The lowest BCUT2D eigenvalue weighted by Gasteiger charge is -2.42. The van der Waals surface area contributed by atoms with Crippen LogP contribution in [0.5, 0.6) is 5.75 Å². The van der Waals surface area contributed by atoms with E-state index in [1.54, 1.807) is 0 Å². The second kappa shape index (κ2) is 6.26. The molecule has 1 aliphatic heterocycles. The van der Waals surface area contributed by atoms with Gasteiger partial charge in [-0.15, -0.1) is 0 Å². The Bertz CT molecular complexity index is 388. The second-order valence-corrected chi connectivity index (χ2v) is 5.14. The third kappa shape index (κ3) is 3.19. The molecule has 4 nitrogen and oxygen atoms in total. The molecule has 2 rings (SSSR count). The van der Waals surface area contributed by atoms with Gasteiger partial charge in [-0.05, 0) is 51.1 Å². The van der Waals surface area contributed by atoms with E-state index in [-0.39, 0.29) is 12.1 Å². The highest BCUT2D eigenvalue weighted by atomic mass is 16.5. The maximum absolute atomic E-state index is 9.61. The van der Waals surface area contributed by atoms with Gasteiger partial charge in [0.15, 0.2) is 0 Å². The molecule has 1 heterocycles. The fourth-order valence-electron chi connectivity index (χ4n) is 2.68. The minimum absolute atomic E-state index is 0.170. The molecule has 1 aliphatic rings. The summed E-state index contributed by atoms with van der Waals surface area (Å²) in [6, 6.07) is 8.20. The van der Waals surface area contributed by atoms with E-state index in [0.717, 1.165) is 31.7 Å². The first-order valence-corrected chi connectivity index (χ1v) is 7.00. The van der Waals surface area contributed by atoms with E-state index in [1.807, 2.05) is 26.1 Å². The number of ether oxygens (including phenoxy) is 1. The fraction of sp³-hybridized carbons (Fsp3) is 0.600. The predicted molar refractivity (Wildman–Crippen MR) is 77.9 cm³/mol. The zero-order valence-electron chi connectivity index (χ0n) is 11.9. The highest BCUT2D eigenvalue weighted by molar-refractivity contribution is 5.50. The van der Waals surface area contributed by atoms with Crippen molar-refractivity contribution in [2.45, 2.75) is 25.3 Å². The first-order chi connectivity index (χ1) is 9.23. The number of benzene rings is 1. The van der Waals surface area contributed by atoms with E-state index in [1.165, 1.54) is 5.69 Å². The number of nitrogens with zero attached hydrogens (tertiary/aromatic N) is 1. The number of aliphatic hydroxyl groups excluding tert-OH is 1. The molecular formula is C15H24N2O2. The van der Waals surface area contributed by atoms with Crippen molar-refractivity contribution >= 4 is 5.69 Å². The van der Waals surface area contributed by atoms with E-state index in [2.05, 4.69) is 22.3 Å². The van der Waals surface area contributed by atoms with Gasteiger partial charge in [0, 0.05) is 18.8 Å². The first-order valence-electron chi connectivity index (χ1n) is 7.00. The molecule has 19 heavy (non-hydrogen) atoms. The van der Waals surface area contributed by atoms with Gasteiger partial charge in [0.25, 0.3) is 0 Å². The molecular weight excluding hydrogens is 240 g/mol. The Morgan fingerprint density at radius 2 is 2.11 bits per heavy atom. The Balaban J connectivity index is 2.08. The first kappa shape index (κ1) is 14.2. The molecule has 1 aromatic rings. The number of likely N-dealkylation sites (N-methyl/N-ethyl adjacent to an activating group) is 1. The molecule has 1 unspecified atom stereocenters. The van der Waals surface area contributed by atoms with Crippen molar-refractivity contribution in [1.29, 1.82) is 0 Å². The molecule has 2 N–H and O–H groups in total. The van der Waals surface area contributed by atoms with Crippen molar-refractivity contribution in [3.63, 3.8) is 0 Å². The van der Waals surface area contributed by atoms with Crippen LogP contribution in [-0.4, -0.2) is 44.0 Å². The fourth-order valence-corrected chi connectivity index (χ4v) is 2.68. The maximum Gasteiger partial charge on any atom is 0.119 e. The third-order valence-corrected chi connectivity index (χ3v) is 3.92. The molecule has 1 aromatic carbocycles. The number of nitrogens with one attached hydrogen (secondary N) is 1. The largest absolute Gasteiger partial charge is 0.494 e. The zero-order chi connectivity index (χ0) is 13.7. The minimum atomic E-state index is -0.170. The molecule has 1 saturated heterocycles. The number of rotatable bonds is 5. The quantitative estimate of drug-likeness (QED) is 0.848. The molecule has 0 radical (unpaired) electrons. The van der Waals surface area contributed by atoms with E-state index in [0.29, 0.717) is 6.61 Å². The summed E-state index contributed by atoms with van der Waals surface area (Å²) in [6.45, 7) is 4.74. The summed E-state index contributed by atoms with van der Waals surface area (Å²) < 4.78 is 5.46. The lowest BCUT2D eigenvalue weighted by atomic mass is 9.89. The lowest BCUT2D eigenvalue weighted by molar-refractivity contribution is 0.149. The summed E-state index contributed by atoms with van der Waals surface area (Å²) in [4.78, 5) is 2.33. The topological polar surface area (TPSA) is 44.7 Å². The Labute approximate surface area is 115 Å². The lowest BCUT2D eigenvalue weighted by Crippen LogP contribution is -2.58. The van der Waals surface area contributed by atoms with Crippen LogP contribution in [0.4, 0.5) is 5.69 Å². The molecule has 0 aliphatic carbocycles. The van der Waals surface area contributed by atoms with Crippen molar-refractivity contribution in [3.8, 4) is 5.75 Å². The van der Waals surface area contributed by atoms with Gasteiger partial charge in [0.1, 0.15) is 5.75 Å². The van der Waals surface area contributed by atoms with Gasteiger partial charge in [0.05, 0.1) is 18.8 Å². The van der Waals surface area contributed by atoms with Crippen molar-refractivity contribution in [3.05, 3.63) is 24.3 Å². The van der Waals surface area contributed by atoms with Crippen LogP contribution in [0.2, 0.25) is 0 Å². The molecule has 0 aromatic heterocycles. The second-order valence-electron chi connectivity index (χ2n) is 5.14. The van der Waals surface area contributed by atoms with Crippen molar-refractivity contribution in [1.82, 2.24) is 5.32 Å². The van der Waals surface area contributed by atoms with Crippen molar-refractivity contribution in [2.75, 3.05) is 38.3 Å². The molecule has 106 valence electrons. The summed E-state index contributed by atoms with van der Waals surface area (Å²) in [5.41, 5.74) is 1.02. The monoisotopic (exact) mass is 264 g/mol. The van der Waals surface area contributed by atoms with Crippen molar-refractivity contribution in [2.24, 2.45) is 0 Å². The van der Waals surface area contributed by atoms with Gasteiger partial charge >= 0.3 is 0 Å². The van der Waals surface area contributed by atoms with Gasteiger partial charge in [-0.25, -0.2) is 0 Å². The van der Waals surface area contributed by atoms with Crippen LogP contribution < -0.4 is 15.0 Å². The molecule has 0 saturated carbocycles. The van der Waals surface area contributed by atoms with Crippen LogP contribution in [-0.2, 0) is 0 Å². The van der Waals surface area contributed by atoms with E-state index in [4.69, 9.17) is 4.74 Å². The smallest absolute Gasteiger partial charge is 0.119 e. The van der Waals surface area contributed by atoms with Crippen LogP contribution in [0.25, 0.3) is 0 Å². The van der Waals surface area contributed by atoms with Crippen LogP contribution in [0, 0.1) is 0 Å². The van der Waals surface area contributed by atoms with Crippen LogP contribution >= 0.6 is 0 Å². The minimum Gasteiger partial charge on any atom is -0.494 e. The summed E-state index contributed by atoms with van der Waals surface area (Å²) >= 11 is 0. The molecule has 1 atom stereocenters. The Morgan fingerprint density at radius 3 is 2.68 bits per heavy atom. The number of hydrogen-bond acceptors (Lipinski definition) is 4. The van der Waals surface area contributed by atoms with E-state index >= 15 is 0 Å². The average Bonchev–Trinajstić information content (AvgIpc) is 2.48. The maximum atomic E-state index is 9.61. The van der Waals surface area contributed by atoms with Gasteiger partial charge in [0.2, 0.25) is 0 Å². The summed E-state index contributed by atoms with van der Waals surface area (Å²) in [7, 11) is 1.93. The summed E-state index contributed by atoms with van der Waals surface area (Å²) in [6.07, 6.45) is 2.11. The standard InChI is InChI=1S/C15H24N2O2/c1-3-19-14-7-5-13(6-8-14)17-10-4-9-15(11-17,12-18)16-2/h5-8,16,18H,3-4,9-12H2,1-2H3. The number of aliphatic hydroxyl groups is 1. The summed E-state index contributed by atoms with van der Waals surface area (Å²) in [5, 5.41) is 12.9. The van der Waals surface area contributed by atoms with E-state index in [9.17, 15) is 5.11 Å². The normalized spacial score (nSPS) is 23.4. The molecule has 0 spiro atoms. The Kier molecular flexibility index (Phi) is 4.66. The SMILES string of the molecule is CCOc1ccc(N2CCCC(CO)(NC)C2)cc1. The highest BCUT2D eigenvalue weighted by Crippen LogP contribution is 2.27. The predicted octanol–water partition coefficient (Wildman–Crippen LogP) is 1.64. The summed E-state index contributed by atoms with van der Waals surface area (Å²) in [5.74, 6) is 0.908. The number of hydrogen-bond donors (Lipinski definition) is 2. The Morgan fingerprint density at radius 1 is 1.37 bits per heavy atom. The molecule has 4 heteroatoms. The van der Waals surface area contributed by atoms with E-state index < -0.39 is 0 Å². The molecule has 0 bridgehead atoms. The molecule has 0 amide bonds. The van der Waals surface area contributed by atoms with Crippen LogP contribution in [0.15, 0.2) is 24.3 Å². The van der Waals surface area contributed by atoms with Crippen molar-refractivity contribution < 1.29 is 9.84 Å².